The summed E-state index contributed by atoms with van der Waals surface area (Å²) in [4.78, 5) is 1.28. The molecule has 9 heavy (non-hydrogen) atoms. The van der Waals surface area contributed by atoms with Gasteiger partial charge in [0.1, 0.15) is 5.49 Å². The summed E-state index contributed by atoms with van der Waals surface area (Å²) in [6.07, 6.45) is 0. The van der Waals surface area contributed by atoms with Crippen molar-refractivity contribution in [2.45, 2.75) is 6.54 Å². The van der Waals surface area contributed by atoms with Crippen molar-refractivity contribution in [1.82, 2.24) is 5.32 Å². The molecule has 0 amide bonds. The monoisotopic (exact) mass is 156 g/mol. The van der Waals surface area contributed by atoms with Crippen LogP contribution in [0.3, 0.4) is 0 Å². The van der Waals surface area contributed by atoms with Gasteiger partial charge in [-0.3, -0.25) is 0 Å². The highest BCUT2D eigenvalue weighted by molar-refractivity contribution is 7.78. The number of hydrogen-bond donors (Lipinski definition) is 1. The van der Waals surface area contributed by atoms with Gasteiger partial charge >= 0.3 is 0 Å². The predicted octanol–water partition coefficient (Wildman–Crippen LogP) is 1.67. The molecular weight excluding hydrogens is 150 g/mol. The number of nitrogens with one attached hydrogen (secondary N) is 1. The minimum Gasteiger partial charge on any atom is -0.369 e. The van der Waals surface area contributed by atoms with Crippen molar-refractivity contribution in [2.75, 3.05) is 0 Å². The first-order valence-corrected chi connectivity index (χ1v) is 3.84. The van der Waals surface area contributed by atoms with Crippen molar-refractivity contribution >= 4 is 29.0 Å². The first-order chi connectivity index (χ1) is 4.43. The summed E-state index contributed by atoms with van der Waals surface area (Å²) in [6.45, 7) is 0.807. The Morgan fingerprint density at radius 2 is 2.67 bits per heavy atom. The normalized spacial score (nSPS) is 8.89. The largest absolute Gasteiger partial charge is 0.369 e. The Labute approximate surface area is 63.7 Å². The minimum atomic E-state index is 0.807. The van der Waals surface area contributed by atoms with E-state index in [4.69, 9.17) is 0 Å². The fourth-order valence-electron chi connectivity index (χ4n) is 0.536. The molecule has 1 nitrogen and oxygen atoms in total. The van der Waals surface area contributed by atoms with Crippen molar-refractivity contribution in [3.8, 4) is 0 Å². The highest BCUT2D eigenvalue weighted by Gasteiger charge is 1.87. The molecule has 1 N–H and O–H groups in total. The van der Waals surface area contributed by atoms with E-state index in [0.29, 0.717) is 0 Å². The van der Waals surface area contributed by atoms with Crippen molar-refractivity contribution < 1.29 is 0 Å². The SMILES string of the molecule is S=[C]NCc1cccs1. The first kappa shape index (κ1) is 6.71. The summed E-state index contributed by atoms with van der Waals surface area (Å²) in [5.41, 5.74) is 2.45. The molecule has 0 saturated carbocycles. The zero-order valence-corrected chi connectivity index (χ0v) is 6.39. The van der Waals surface area contributed by atoms with Crippen LogP contribution in [-0.2, 0) is 6.54 Å². The van der Waals surface area contributed by atoms with Gasteiger partial charge in [0.25, 0.3) is 0 Å². The molecule has 0 aliphatic carbocycles. The Morgan fingerprint density at radius 3 is 3.22 bits per heavy atom. The van der Waals surface area contributed by atoms with E-state index in [9.17, 15) is 0 Å². The number of thiophene rings is 1. The molecule has 1 aromatic rings. The van der Waals surface area contributed by atoms with E-state index in [1.807, 2.05) is 11.4 Å². The summed E-state index contributed by atoms with van der Waals surface area (Å²) in [7, 11) is 0. The molecule has 0 atom stereocenters. The lowest BCUT2D eigenvalue weighted by molar-refractivity contribution is 0.967. The molecule has 0 fully saturated rings. The predicted molar refractivity (Wildman–Crippen MR) is 43.8 cm³/mol. The maximum atomic E-state index is 4.47. The molecule has 0 unspecified atom stereocenters. The van der Waals surface area contributed by atoms with Crippen LogP contribution in [0.1, 0.15) is 4.88 Å². The van der Waals surface area contributed by atoms with E-state index in [2.05, 4.69) is 29.1 Å². The maximum Gasteiger partial charge on any atom is 0.134 e. The van der Waals surface area contributed by atoms with Gasteiger partial charge in [0.05, 0.1) is 6.54 Å². The van der Waals surface area contributed by atoms with Gasteiger partial charge in [0.15, 0.2) is 0 Å². The van der Waals surface area contributed by atoms with E-state index in [-0.39, 0.29) is 0 Å². The lowest BCUT2D eigenvalue weighted by Crippen LogP contribution is -2.06. The van der Waals surface area contributed by atoms with Crippen molar-refractivity contribution in [1.29, 1.82) is 0 Å². The zero-order chi connectivity index (χ0) is 6.53. The summed E-state index contributed by atoms with van der Waals surface area (Å²) < 4.78 is 0. The average molecular weight is 156 g/mol. The smallest absolute Gasteiger partial charge is 0.134 e. The molecule has 0 spiro atoms. The van der Waals surface area contributed by atoms with Crippen LogP contribution in [0.5, 0.6) is 0 Å². The summed E-state index contributed by atoms with van der Waals surface area (Å²) in [5, 5.41) is 4.87. The Morgan fingerprint density at radius 1 is 1.78 bits per heavy atom. The third-order valence-corrected chi connectivity index (χ3v) is 1.94. The zero-order valence-electron chi connectivity index (χ0n) is 4.76. The van der Waals surface area contributed by atoms with Crippen molar-refractivity contribution in [3.05, 3.63) is 22.4 Å². The van der Waals surface area contributed by atoms with Gasteiger partial charge in [-0.2, -0.15) is 0 Å². The quantitative estimate of drug-likeness (QED) is 0.528. The van der Waals surface area contributed by atoms with Gasteiger partial charge in [0.2, 0.25) is 0 Å². The fraction of sp³-hybridized carbons (Fsp3) is 0.167. The van der Waals surface area contributed by atoms with Crippen LogP contribution in [0, 0.1) is 0 Å². The van der Waals surface area contributed by atoms with E-state index in [1.165, 1.54) is 4.88 Å². The molecule has 0 aliphatic heterocycles. The molecule has 1 radical (unpaired) electrons. The first-order valence-electron chi connectivity index (χ1n) is 2.56. The lowest BCUT2D eigenvalue weighted by atomic mass is 10.5. The van der Waals surface area contributed by atoms with Crippen LogP contribution >= 0.6 is 23.6 Å². The fourth-order valence-corrected chi connectivity index (χ4v) is 1.25. The second-order valence-electron chi connectivity index (χ2n) is 1.53. The topological polar surface area (TPSA) is 12.0 Å². The van der Waals surface area contributed by atoms with Gasteiger partial charge in [0, 0.05) is 4.88 Å². The Kier molecular flexibility index (Phi) is 2.67. The molecule has 0 bridgehead atoms. The molecular formula is C6H6NS2. The summed E-state index contributed by atoms with van der Waals surface area (Å²) in [5.74, 6) is 0. The van der Waals surface area contributed by atoms with E-state index in [0.717, 1.165) is 6.54 Å². The molecule has 3 heteroatoms. The van der Waals surface area contributed by atoms with Gasteiger partial charge in [-0.15, -0.1) is 11.3 Å². The highest BCUT2D eigenvalue weighted by atomic mass is 32.1. The lowest BCUT2D eigenvalue weighted by Gasteiger charge is -1.91. The van der Waals surface area contributed by atoms with Crippen LogP contribution < -0.4 is 5.32 Å². The molecule has 1 rings (SSSR count). The van der Waals surface area contributed by atoms with E-state index in [1.54, 1.807) is 11.3 Å². The Bertz CT molecular complexity index is 169. The second kappa shape index (κ2) is 3.58. The third-order valence-electron chi connectivity index (χ3n) is 0.915. The molecule has 1 heterocycles. The van der Waals surface area contributed by atoms with Crippen LogP contribution in [0.15, 0.2) is 17.5 Å². The van der Waals surface area contributed by atoms with Gasteiger partial charge in [-0.05, 0) is 11.4 Å². The van der Waals surface area contributed by atoms with Crippen LogP contribution in [0.2, 0.25) is 0 Å². The second-order valence-corrected chi connectivity index (χ2v) is 2.77. The van der Waals surface area contributed by atoms with Gasteiger partial charge in [-0.25, -0.2) is 0 Å². The standard InChI is InChI=1S/C6H6NS2/c8-5-7-4-6-2-1-3-9-6/h1-3H,4H2,(H,7,8). The number of hydrogen-bond acceptors (Lipinski definition) is 2. The van der Waals surface area contributed by atoms with Crippen molar-refractivity contribution in [3.63, 3.8) is 0 Å². The number of rotatable bonds is 3. The number of thiocarbonyl (C=S) groups is 1. The Hall–Kier alpha value is -0.410. The summed E-state index contributed by atoms with van der Waals surface area (Å²) >= 11 is 6.18. The highest BCUT2D eigenvalue weighted by Crippen LogP contribution is 2.06. The summed E-state index contributed by atoms with van der Waals surface area (Å²) in [6, 6.07) is 4.08. The molecule has 0 saturated heterocycles. The molecule has 0 aliphatic rings. The molecule has 0 aromatic carbocycles. The molecule has 47 valence electrons. The minimum absolute atomic E-state index is 0.807. The third kappa shape index (κ3) is 2.11. The molecule has 1 aromatic heterocycles. The van der Waals surface area contributed by atoms with Crippen LogP contribution in [0.25, 0.3) is 0 Å². The van der Waals surface area contributed by atoms with E-state index < -0.39 is 0 Å². The van der Waals surface area contributed by atoms with Crippen LogP contribution in [0.4, 0.5) is 0 Å². The van der Waals surface area contributed by atoms with E-state index >= 15 is 0 Å². The van der Waals surface area contributed by atoms with Gasteiger partial charge in [-0.1, -0.05) is 18.3 Å². The average Bonchev–Trinajstić information content (AvgIpc) is 2.34. The van der Waals surface area contributed by atoms with Crippen molar-refractivity contribution in [2.24, 2.45) is 0 Å². The van der Waals surface area contributed by atoms with Crippen LogP contribution in [-0.4, -0.2) is 5.49 Å². The van der Waals surface area contributed by atoms with Gasteiger partial charge < -0.3 is 5.32 Å². The Balaban J connectivity index is 2.38. The maximum absolute atomic E-state index is 4.47.